The molecule has 1 N–H and O–H groups in total. The zero-order valence-electron chi connectivity index (χ0n) is 11.8. The molecule has 21 heavy (non-hydrogen) atoms. The summed E-state index contributed by atoms with van der Waals surface area (Å²) in [5.41, 5.74) is 2.69. The lowest BCUT2D eigenvalue weighted by Crippen LogP contribution is -1.97. The van der Waals surface area contributed by atoms with Crippen LogP contribution in [-0.2, 0) is 0 Å². The third-order valence-electron chi connectivity index (χ3n) is 4.25. The van der Waals surface area contributed by atoms with Gasteiger partial charge in [-0.3, -0.25) is 0 Å². The van der Waals surface area contributed by atoms with E-state index in [9.17, 15) is 5.11 Å². The fraction of sp³-hybridized carbons (Fsp3) is 0.0526. The minimum atomic E-state index is -1.23. The summed E-state index contributed by atoms with van der Waals surface area (Å²) in [4.78, 5) is 4.12. The average Bonchev–Trinajstić information content (AvgIpc) is 2.80. The Labute approximate surface area is 126 Å². The van der Waals surface area contributed by atoms with Crippen molar-refractivity contribution in [2.75, 3.05) is 6.26 Å². The van der Waals surface area contributed by atoms with E-state index in [2.05, 4.69) is 66.9 Å². The molecule has 1 aliphatic rings. The Balaban J connectivity index is 2.06. The second-order valence-electron chi connectivity index (χ2n) is 5.40. The predicted octanol–water partition coefficient (Wildman–Crippen LogP) is 5.28. The first-order valence-corrected chi connectivity index (χ1v) is 9.01. The van der Waals surface area contributed by atoms with Crippen LogP contribution in [0.25, 0.3) is 11.1 Å². The van der Waals surface area contributed by atoms with Gasteiger partial charge in [-0.25, -0.2) is 0 Å². The number of fused-ring (bicyclic) bond motifs is 3. The molecule has 1 aliphatic heterocycles. The largest absolute Gasteiger partial charge is 0.508 e. The number of rotatable bonds is 1. The van der Waals surface area contributed by atoms with Crippen LogP contribution in [0.3, 0.4) is 0 Å². The first-order chi connectivity index (χ1) is 10.2. The fourth-order valence-electron chi connectivity index (χ4n) is 3.18. The molecule has 3 aromatic carbocycles. The molecular formula is C19H16OS. The van der Waals surface area contributed by atoms with Crippen molar-refractivity contribution >= 4 is 10.0 Å². The Bertz CT molecular complexity index is 775. The van der Waals surface area contributed by atoms with E-state index in [1.807, 2.05) is 0 Å². The van der Waals surface area contributed by atoms with Crippen LogP contribution in [0, 0.1) is 0 Å². The molecule has 0 radical (unpaired) electrons. The fourth-order valence-corrected chi connectivity index (χ4v) is 6.54. The molecule has 0 fully saturated rings. The van der Waals surface area contributed by atoms with E-state index < -0.39 is 10.0 Å². The molecule has 3 aromatic rings. The summed E-state index contributed by atoms with van der Waals surface area (Å²) in [6.45, 7) is 0. The van der Waals surface area contributed by atoms with Crippen molar-refractivity contribution in [2.45, 2.75) is 14.7 Å². The van der Waals surface area contributed by atoms with Gasteiger partial charge >= 0.3 is 0 Å². The quantitative estimate of drug-likeness (QED) is 0.646. The highest BCUT2D eigenvalue weighted by atomic mass is 32.3. The highest BCUT2D eigenvalue weighted by molar-refractivity contribution is 8.33. The molecule has 0 bridgehead atoms. The van der Waals surface area contributed by atoms with Crippen LogP contribution in [0.15, 0.2) is 87.5 Å². The van der Waals surface area contributed by atoms with Gasteiger partial charge in [-0.1, -0.05) is 36.4 Å². The molecule has 4 rings (SSSR count). The van der Waals surface area contributed by atoms with Crippen LogP contribution in [-0.4, -0.2) is 11.4 Å². The van der Waals surface area contributed by atoms with Crippen LogP contribution < -0.4 is 0 Å². The molecule has 0 saturated carbocycles. The Hall–Kier alpha value is -2.19. The number of phenols is 1. The maximum Gasteiger partial charge on any atom is 0.115 e. The van der Waals surface area contributed by atoms with Crippen LogP contribution in [0.4, 0.5) is 0 Å². The minimum absolute atomic E-state index is 0.321. The molecule has 0 aromatic heterocycles. The first-order valence-electron chi connectivity index (χ1n) is 6.97. The molecule has 0 amide bonds. The van der Waals surface area contributed by atoms with Gasteiger partial charge in [-0.05, 0) is 58.7 Å². The number of hydrogen-bond donors (Lipinski definition) is 1. The summed E-state index contributed by atoms with van der Waals surface area (Å²) in [7, 11) is -1.23. The van der Waals surface area contributed by atoms with Crippen molar-refractivity contribution in [3.63, 3.8) is 0 Å². The summed E-state index contributed by atoms with van der Waals surface area (Å²) in [5.74, 6) is 0.321. The molecule has 1 nitrogen and oxygen atoms in total. The summed E-state index contributed by atoms with van der Waals surface area (Å²) >= 11 is 0. The van der Waals surface area contributed by atoms with Gasteiger partial charge in [-0.15, -0.1) is 0 Å². The van der Waals surface area contributed by atoms with Gasteiger partial charge in [0.2, 0.25) is 0 Å². The summed E-state index contributed by atoms with van der Waals surface area (Å²) in [5, 5.41) is 9.58. The highest BCUT2D eigenvalue weighted by Crippen LogP contribution is 2.73. The number of aromatic hydroxyl groups is 1. The lowest BCUT2D eigenvalue weighted by Gasteiger charge is -2.34. The van der Waals surface area contributed by atoms with E-state index in [4.69, 9.17) is 0 Å². The molecule has 104 valence electrons. The number of phenolic OH excluding ortho intramolecular Hbond substituents is 1. The average molecular weight is 292 g/mol. The molecule has 0 aliphatic carbocycles. The molecule has 1 heterocycles. The van der Waals surface area contributed by atoms with Crippen molar-refractivity contribution in [1.29, 1.82) is 0 Å². The second kappa shape index (κ2) is 4.40. The molecule has 2 heteroatoms. The van der Waals surface area contributed by atoms with Crippen LogP contribution in [0.1, 0.15) is 0 Å². The van der Waals surface area contributed by atoms with Crippen LogP contribution >= 0.6 is 10.0 Å². The van der Waals surface area contributed by atoms with Crippen molar-refractivity contribution in [1.82, 2.24) is 0 Å². The Kier molecular flexibility index (Phi) is 2.63. The SMILES string of the molecule is CS1(c2ccc(O)cc2)c2ccccc2-c2ccccc21. The smallest absolute Gasteiger partial charge is 0.115 e. The number of benzene rings is 3. The Morgan fingerprint density at radius 2 is 1.14 bits per heavy atom. The van der Waals surface area contributed by atoms with E-state index >= 15 is 0 Å². The first kappa shape index (κ1) is 12.5. The van der Waals surface area contributed by atoms with Gasteiger partial charge in [0.15, 0.2) is 0 Å². The lowest BCUT2D eigenvalue weighted by atomic mass is 10.1. The minimum Gasteiger partial charge on any atom is -0.508 e. The van der Waals surface area contributed by atoms with Crippen molar-refractivity contribution in [2.24, 2.45) is 0 Å². The van der Waals surface area contributed by atoms with E-state index in [1.54, 1.807) is 12.1 Å². The van der Waals surface area contributed by atoms with Gasteiger partial charge in [0, 0.05) is 9.79 Å². The lowest BCUT2D eigenvalue weighted by molar-refractivity contribution is 0.475. The zero-order valence-corrected chi connectivity index (χ0v) is 12.6. The molecule has 0 saturated heterocycles. The maximum absolute atomic E-state index is 9.58. The van der Waals surface area contributed by atoms with E-state index in [-0.39, 0.29) is 0 Å². The third-order valence-corrected chi connectivity index (χ3v) is 7.94. The molecule has 0 spiro atoms. The Morgan fingerprint density at radius 3 is 1.67 bits per heavy atom. The molecular weight excluding hydrogens is 276 g/mol. The van der Waals surface area contributed by atoms with Gasteiger partial charge in [0.05, 0.1) is 0 Å². The van der Waals surface area contributed by atoms with Crippen molar-refractivity contribution < 1.29 is 5.11 Å². The topological polar surface area (TPSA) is 20.2 Å². The second-order valence-corrected chi connectivity index (χ2v) is 8.59. The van der Waals surface area contributed by atoms with Gasteiger partial charge in [0.25, 0.3) is 0 Å². The van der Waals surface area contributed by atoms with E-state index in [0.717, 1.165) is 0 Å². The van der Waals surface area contributed by atoms with Crippen molar-refractivity contribution in [3.05, 3.63) is 72.8 Å². The summed E-state index contributed by atoms with van der Waals surface area (Å²) in [6, 6.07) is 25.1. The monoisotopic (exact) mass is 292 g/mol. The summed E-state index contributed by atoms with van der Waals surface area (Å²) < 4.78 is 0. The van der Waals surface area contributed by atoms with E-state index in [0.29, 0.717) is 5.75 Å². The van der Waals surface area contributed by atoms with Gasteiger partial charge in [0.1, 0.15) is 5.75 Å². The zero-order chi connectivity index (χ0) is 14.4. The normalized spacial score (nSPS) is 16.0. The Morgan fingerprint density at radius 1 is 0.667 bits per heavy atom. The maximum atomic E-state index is 9.58. The van der Waals surface area contributed by atoms with Crippen molar-refractivity contribution in [3.8, 4) is 16.9 Å². The van der Waals surface area contributed by atoms with Crippen LogP contribution in [0.5, 0.6) is 5.75 Å². The van der Waals surface area contributed by atoms with E-state index in [1.165, 1.54) is 25.8 Å². The van der Waals surface area contributed by atoms with Gasteiger partial charge < -0.3 is 5.11 Å². The number of hydrogen-bond acceptors (Lipinski definition) is 1. The standard InChI is InChI=1S/C19H16OS/c1-21(15-12-10-14(20)11-13-15)18-8-4-2-6-16(18)17-7-3-5-9-19(17)21/h2-13,20H,1H3. The molecule has 0 atom stereocenters. The molecule has 0 unspecified atom stereocenters. The van der Waals surface area contributed by atoms with Gasteiger partial charge in [-0.2, -0.15) is 10.0 Å². The van der Waals surface area contributed by atoms with Crippen LogP contribution in [0.2, 0.25) is 0 Å². The third kappa shape index (κ3) is 1.66. The highest BCUT2D eigenvalue weighted by Gasteiger charge is 2.36. The summed E-state index contributed by atoms with van der Waals surface area (Å²) in [6.07, 6.45) is 2.35. The predicted molar refractivity (Wildman–Crippen MR) is 88.3 cm³/mol.